The van der Waals surface area contributed by atoms with Gasteiger partial charge in [-0.25, -0.2) is 0 Å². The van der Waals surface area contributed by atoms with Crippen molar-refractivity contribution < 1.29 is 4.74 Å². The van der Waals surface area contributed by atoms with Crippen LogP contribution in [0.15, 0.2) is 29.2 Å². The van der Waals surface area contributed by atoms with Crippen LogP contribution in [0, 0.1) is 11.3 Å². The first kappa shape index (κ1) is 20.2. The number of nitrogens with one attached hydrogen (secondary N) is 1. The molecule has 1 heterocycles. The number of benzene rings is 1. The molecule has 3 rings (SSSR count). The monoisotopic (exact) mass is 390 g/mol. The van der Waals surface area contributed by atoms with Crippen LogP contribution in [-0.4, -0.2) is 17.1 Å². The number of halogens is 1. The molecular formula is C22H31ClN2O2. The molecule has 5 heteroatoms. The van der Waals surface area contributed by atoms with Gasteiger partial charge in [-0.2, -0.15) is 0 Å². The third kappa shape index (κ3) is 4.02. The van der Waals surface area contributed by atoms with Gasteiger partial charge in [0.2, 0.25) is 0 Å². The molecule has 1 saturated carbocycles. The molecule has 1 aromatic carbocycles. The van der Waals surface area contributed by atoms with E-state index in [1.165, 1.54) is 0 Å². The van der Waals surface area contributed by atoms with Crippen molar-refractivity contribution in [3.05, 3.63) is 39.8 Å². The summed E-state index contributed by atoms with van der Waals surface area (Å²) < 4.78 is 6.34. The second kappa shape index (κ2) is 8.24. The minimum atomic E-state index is -0.146. The van der Waals surface area contributed by atoms with E-state index in [4.69, 9.17) is 22.1 Å². The predicted octanol–water partition coefficient (Wildman–Crippen LogP) is 5.27. The van der Waals surface area contributed by atoms with Crippen LogP contribution in [0.4, 0.5) is 0 Å². The molecule has 0 aliphatic heterocycles. The first-order valence-corrected chi connectivity index (χ1v) is 10.5. The molecule has 1 fully saturated rings. The minimum absolute atomic E-state index is 0.131. The molecule has 0 unspecified atom stereocenters. The van der Waals surface area contributed by atoms with Gasteiger partial charge in [-0.15, -0.1) is 0 Å². The first-order valence-electron chi connectivity index (χ1n) is 10.1. The zero-order valence-electron chi connectivity index (χ0n) is 16.6. The van der Waals surface area contributed by atoms with Crippen LogP contribution in [0.1, 0.15) is 59.3 Å². The molecule has 0 saturated heterocycles. The molecule has 148 valence electrons. The summed E-state index contributed by atoms with van der Waals surface area (Å²) in [6.07, 6.45) is 8.10. The number of H-pyrrole nitrogens is 1. The maximum Gasteiger partial charge on any atom is 0.255 e. The zero-order chi connectivity index (χ0) is 19.6. The molecule has 0 spiro atoms. The molecule has 4 nitrogen and oxygen atoms in total. The maximum atomic E-state index is 12.1. The average molecular weight is 391 g/mol. The van der Waals surface area contributed by atoms with Crippen molar-refractivity contribution in [2.75, 3.05) is 0 Å². The summed E-state index contributed by atoms with van der Waals surface area (Å²) in [5.41, 5.74) is 6.66. The van der Waals surface area contributed by atoms with Crippen molar-refractivity contribution in [3.8, 4) is 5.75 Å². The SMILES string of the molecule is CCC[C@H](N)C1(C(C)C)CCC(Oc2cc(Cl)cc3c(=O)[nH]ccc23)CC1. The third-order valence-electron chi connectivity index (χ3n) is 6.46. The van der Waals surface area contributed by atoms with E-state index in [0.717, 1.165) is 43.9 Å². The molecule has 1 aromatic heterocycles. The van der Waals surface area contributed by atoms with Crippen LogP contribution in [-0.2, 0) is 0 Å². The summed E-state index contributed by atoms with van der Waals surface area (Å²) >= 11 is 6.23. The molecule has 0 amide bonds. The Balaban J connectivity index is 1.79. The lowest BCUT2D eigenvalue weighted by atomic mass is 9.61. The van der Waals surface area contributed by atoms with Crippen LogP contribution in [0.2, 0.25) is 5.02 Å². The second-order valence-electron chi connectivity index (χ2n) is 8.27. The van der Waals surface area contributed by atoms with Crippen LogP contribution in [0.3, 0.4) is 0 Å². The van der Waals surface area contributed by atoms with Gasteiger partial charge in [-0.05, 0) is 61.6 Å². The Morgan fingerprint density at radius 2 is 2.00 bits per heavy atom. The largest absolute Gasteiger partial charge is 0.490 e. The minimum Gasteiger partial charge on any atom is -0.490 e. The topological polar surface area (TPSA) is 68.1 Å². The van der Waals surface area contributed by atoms with Crippen molar-refractivity contribution in [1.82, 2.24) is 4.98 Å². The van der Waals surface area contributed by atoms with Crippen molar-refractivity contribution in [3.63, 3.8) is 0 Å². The number of pyridine rings is 1. The van der Waals surface area contributed by atoms with Gasteiger partial charge in [0.05, 0.1) is 11.5 Å². The van der Waals surface area contributed by atoms with Gasteiger partial charge in [0.1, 0.15) is 5.75 Å². The lowest BCUT2D eigenvalue weighted by molar-refractivity contribution is 0.0248. The molecule has 0 radical (unpaired) electrons. The highest BCUT2D eigenvalue weighted by Crippen LogP contribution is 2.46. The molecule has 27 heavy (non-hydrogen) atoms. The van der Waals surface area contributed by atoms with E-state index in [9.17, 15) is 4.79 Å². The number of ether oxygens (including phenoxy) is 1. The predicted molar refractivity (Wildman–Crippen MR) is 113 cm³/mol. The van der Waals surface area contributed by atoms with E-state index < -0.39 is 0 Å². The lowest BCUT2D eigenvalue weighted by Crippen LogP contribution is -2.49. The standard InChI is InChI=1S/C22H31ClN2O2/c1-4-5-20(24)22(14(2)3)9-6-16(7-10-22)27-19-13-15(23)12-18-17(19)8-11-25-21(18)26/h8,11-14,16,20H,4-7,9-10,24H2,1-3H3,(H,25,26)/t16?,20-,22?/m0/s1. The highest BCUT2D eigenvalue weighted by molar-refractivity contribution is 6.31. The summed E-state index contributed by atoms with van der Waals surface area (Å²) in [6.45, 7) is 6.80. The van der Waals surface area contributed by atoms with E-state index in [1.807, 2.05) is 12.1 Å². The molecule has 1 aliphatic rings. The fourth-order valence-electron chi connectivity index (χ4n) is 4.73. The van der Waals surface area contributed by atoms with Gasteiger partial charge in [0.25, 0.3) is 5.56 Å². The maximum absolute atomic E-state index is 12.1. The number of hydrogen-bond donors (Lipinski definition) is 2. The number of aromatic nitrogens is 1. The van der Waals surface area contributed by atoms with Crippen LogP contribution in [0.25, 0.3) is 10.8 Å². The number of nitrogens with two attached hydrogens (primary N) is 1. The second-order valence-corrected chi connectivity index (χ2v) is 8.71. The Morgan fingerprint density at radius 1 is 1.30 bits per heavy atom. The Morgan fingerprint density at radius 3 is 2.63 bits per heavy atom. The number of fused-ring (bicyclic) bond motifs is 1. The van der Waals surface area contributed by atoms with Crippen molar-refractivity contribution in [2.24, 2.45) is 17.1 Å². The Bertz CT molecular complexity index is 838. The van der Waals surface area contributed by atoms with Crippen molar-refractivity contribution >= 4 is 22.4 Å². The van der Waals surface area contributed by atoms with Gasteiger partial charge >= 0.3 is 0 Å². The van der Waals surface area contributed by atoms with Crippen LogP contribution in [0.5, 0.6) is 5.75 Å². The molecule has 2 aromatic rings. The van der Waals surface area contributed by atoms with Gasteiger partial charge in [0, 0.05) is 22.6 Å². The van der Waals surface area contributed by atoms with E-state index >= 15 is 0 Å². The number of aromatic amines is 1. The summed E-state index contributed by atoms with van der Waals surface area (Å²) in [6, 6.07) is 5.63. The molecular weight excluding hydrogens is 360 g/mol. The van der Waals surface area contributed by atoms with Crippen LogP contribution < -0.4 is 16.0 Å². The fraction of sp³-hybridized carbons (Fsp3) is 0.591. The summed E-state index contributed by atoms with van der Waals surface area (Å²) in [5, 5.41) is 1.90. The third-order valence-corrected chi connectivity index (χ3v) is 6.68. The Labute approximate surface area is 166 Å². The van der Waals surface area contributed by atoms with Gasteiger partial charge < -0.3 is 15.5 Å². The summed E-state index contributed by atoms with van der Waals surface area (Å²) in [4.78, 5) is 14.8. The highest BCUT2D eigenvalue weighted by atomic mass is 35.5. The molecule has 1 atom stereocenters. The van der Waals surface area contributed by atoms with E-state index in [2.05, 4.69) is 25.8 Å². The zero-order valence-corrected chi connectivity index (χ0v) is 17.3. The van der Waals surface area contributed by atoms with E-state index in [0.29, 0.717) is 22.1 Å². The molecule has 1 aliphatic carbocycles. The fourth-order valence-corrected chi connectivity index (χ4v) is 4.94. The average Bonchev–Trinajstić information content (AvgIpc) is 2.63. The highest BCUT2D eigenvalue weighted by Gasteiger charge is 2.42. The van der Waals surface area contributed by atoms with E-state index in [-0.39, 0.29) is 23.1 Å². The molecule has 3 N–H and O–H groups in total. The van der Waals surface area contributed by atoms with Gasteiger partial charge in [0.15, 0.2) is 0 Å². The first-order chi connectivity index (χ1) is 12.9. The van der Waals surface area contributed by atoms with E-state index in [1.54, 1.807) is 12.3 Å². The number of rotatable bonds is 6. The summed E-state index contributed by atoms with van der Waals surface area (Å²) in [5.74, 6) is 1.26. The van der Waals surface area contributed by atoms with Crippen molar-refractivity contribution in [1.29, 1.82) is 0 Å². The summed E-state index contributed by atoms with van der Waals surface area (Å²) in [7, 11) is 0. The van der Waals surface area contributed by atoms with Crippen molar-refractivity contribution in [2.45, 2.75) is 71.4 Å². The Hall–Kier alpha value is -1.52. The lowest BCUT2D eigenvalue weighted by Gasteiger charge is -2.47. The van der Waals surface area contributed by atoms with Gasteiger partial charge in [-0.1, -0.05) is 38.8 Å². The molecule has 0 bridgehead atoms. The van der Waals surface area contributed by atoms with Crippen LogP contribution >= 0.6 is 11.6 Å². The Kier molecular flexibility index (Phi) is 6.17. The number of hydrogen-bond acceptors (Lipinski definition) is 3. The normalized spacial score (nSPS) is 24.3. The quantitative estimate of drug-likeness (QED) is 0.705. The smallest absolute Gasteiger partial charge is 0.255 e. The van der Waals surface area contributed by atoms with Gasteiger partial charge in [-0.3, -0.25) is 4.79 Å².